The lowest BCUT2D eigenvalue weighted by molar-refractivity contribution is -0.118. The fraction of sp³-hybridized carbons (Fsp3) is 0.231. The van der Waals surface area contributed by atoms with Gasteiger partial charge in [0.05, 0.1) is 13.2 Å². The van der Waals surface area contributed by atoms with E-state index in [2.05, 4.69) is 26.6 Å². The smallest absolute Gasteiger partial charge is 0.268 e. The van der Waals surface area contributed by atoms with Gasteiger partial charge in [-0.3, -0.25) is 9.59 Å². The van der Waals surface area contributed by atoms with Crippen molar-refractivity contribution in [3.63, 3.8) is 0 Å². The molecule has 34 heavy (non-hydrogen) atoms. The highest BCUT2D eigenvalue weighted by Gasteiger charge is 2.20. The third-order valence-corrected chi connectivity index (χ3v) is 5.93. The number of furan rings is 1. The van der Waals surface area contributed by atoms with Gasteiger partial charge in [-0.15, -0.1) is 0 Å². The molecule has 0 radical (unpaired) electrons. The van der Waals surface area contributed by atoms with E-state index in [0.29, 0.717) is 36.0 Å². The maximum Gasteiger partial charge on any atom is 0.268 e. The Morgan fingerprint density at radius 2 is 1.85 bits per heavy atom. The minimum absolute atomic E-state index is 0.0184. The molecule has 1 unspecified atom stereocenters. The summed E-state index contributed by atoms with van der Waals surface area (Å²) >= 11 is 3.42. The monoisotopic (exact) mass is 524 g/mol. The van der Waals surface area contributed by atoms with Gasteiger partial charge in [0, 0.05) is 34.8 Å². The van der Waals surface area contributed by atoms with E-state index in [9.17, 15) is 9.59 Å². The van der Waals surface area contributed by atoms with Crippen molar-refractivity contribution < 1.29 is 23.5 Å². The van der Waals surface area contributed by atoms with Crippen LogP contribution in [0.2, 0.25) is 0 Å². The maximum atomic E-state index is 13.0. The highest BCUT2D eigenvalue weighted by molar-refractivity contribution is 9.10. The van der Waals surface area contributed by atoms with Crippen LogP contribution in [0.25, 0.3) is 17.4 Å². The lowest BCUT2D eigenvalue weighted by Crippen LogP contribution is -2.38. The summed E-state index contributed by atoms with van der Waals surface area (Å²) in [7, 11) is 1.56. The summed E-state index contributed by atoms with van der Waals surface area (Å²) in [5.41, 5.74) is 1.37. The topological polar surface area (TPSA) is 89.8 Å². The van der Waals surface area contributed by atoms with Crippen LogP contribution >= 0.6 is 15.9 Å². The van der Waals surface area contributed by atoms with E-state index in [4.69, 9.17) is 13.9 Å². The van der Waals surface area contributed by atoms with Gasteiger partial charge in [-0.2, -0.15) is 0 Å². The summed E-state index contributed by atoms with van der Waals surface area (Å²) in [4.78, 5) is 25.8. The Morgan fingerprint density at radius 3 is 2.53 bits per heavy atom. The fourth-order valence-electron chi connectivity index (χ4n) is 3.54. The molecule has 8 heteroatoms. The van der Waals surface area contributed by atoms with Crippen molar-refractivity contribution in [3.05, 3.63) is 82.2 Å². The van der Waals surface area contributed by atoms with E-state index in [1.165, 1.54) is 6.08 Å². The Bertz CT molecular complexity index is 1160. The van der Waals surface area contributed by atoms with Crippen LogP contribution in [-0.2, 0) is 9.53 Å². The van der Waals surface area contributed by atoms with Crippen molar-refractivity contribution in [3.8, 4) is 17.1 Å². The van der Waals surface area contributed by atoms with Gasteiger partial charge in [0.25, 0.3) is 11.8 Å². The molecule has 2 heterocycles. The molecule has 0 bridgehead atoms. The summed E-state index contributed by atoms with van der Waals surface area (Å²) in [6, 6.07) is 17.9. The van der Waals surface area contributed by atoms with Crippen LogP contribution in [0.1, 0.15) is 29.0 Å². The first-order valence-corrected chi connectivity index (χ1v) is 11.7. The lowest BCUT2D eigenvalue weighted by atomic mass is 10.2. The molecule has 4 rings (SSSR count). The molecular weight excluding hydrogens is 500 g/mol. The average Bonchev–Trinajstić information content (AvgIpc) is 3.55. The van der Waals surface area contributed by atoms with Gasteiger partial charge in [-0.25, -0.2) is 0 Å². The molecule has 2 amide bonds. The third kappa shape index (κ3) is 6.15. The van der Waals surface area contributed by atoms with Crippen molar-refractivity contribution in [2.75, 3.05) is 20.3 Å². The molecule has 0 aliphatic carbocycles. The summed E-state index contributed by atoms with van der Waals surface area (Å²) in [6.07, 6.45) is 3.37. The zero-order valence-corrected chi connectivity index (χ0v) is 20.3. The second-order valence-electron chi connectivity index (χ2n) is 7.79. The van der Waals surface area contributed by atoms with Gasteiger partial charge in [0.2, 0.25) is 0 Å². The largest absolute Gasteiger partial charge is 0.497 e. The predicted molar refractivity (Wildman–Crippen MR) is 132 cm³/mol. The van der Waals surface area contributed by atoms with Crippen LogP contribution in [-0.4, -0.2) is 38.2 Å². The van der Waals surface area contributed by atoms with E-state index in [1.54, 1.807) is 37.4 Å². The summed E-state index contributed by atoms with van der Waals surface area (Å²) in [5.74, 6) is 0.895. The SMILES string of the molecule is COc1ccc(C(=O)N/C(=C/c2ccc(-c3ccc(Br)cc3)o2)C(=O)NCC2CCCO2)cc1. The van der Waals surface area contributed by atoms with Crippen LogP contribution in [0.3, 0.4) is 0 Å². The van der Waals surface area contributed by atoms with E-state index in [-0.39, 0.29) is 11.8 Å². The molecule has 1 aromatic heterocycles. The van der Waals surface area contributed by atoms with Crippen molar-refractivity contribution in [2.45, 2.75) is 18.9 Å². The second-order valence-corrected chi connectivity index (χ2v) is 8.71. The normalized spacial score (nSPS) is 15.7. The molecule has 1 atom stereocenters. The molecular formula is C26H25BrN2O5. The molecule has 7 nitrogen and oxygen atoms in total. The zero-order valence-electron chi connectivity index (χ0n) is 18.7. The highest BCUT2D eigenvalue weighted by Crippen LogP contribution is 2.25. The van der Waals surface area contributed by atoms with Crippen LogP contribution in [0.15, 0.2) is 75.3 Å². The molecule has 3 aromatic rings. The molecule has 176 valence electrons. The van der Waals surface area contributed by atoms with Crippen molar-refractivity contribution in [1.29, 1.82) is 0 Å². The summed E-state index contributed by atoms with van der Waals surface area (Å²) < 4.78 is 17.6. The van der Waals surface area contributed by atoms with Crippen molar-refractivity contribution >= 4 is 33.8 Å². The van der Waals surface area contributed by atoms with Gasteiger partial charge >= 0.3 is 0 Å². The highest BCUT2D eigenvalue weighted by atomic mass is 79.9. The van der Waals surface area contributed by atoms with Crippen LogP contribution < -0.4 is 15.4 Å². The van der Waals surface area contributed by atoms with Gasteiger partial charge in [0.1, 0.15) is 23.0 Å². The van der Waals surface area contributed by atoms with Crippen LogP contribution in [0.5, 0.6) is 5.75 Å². The Morgan fingerprint density at radius 1 is 1.09 bits per heavy atom. The minimum atomic E-state index is -0.418. The second kappa shape index (κ2) is 11.2. The number of hydrogen-bond acceptors (Lipinski definition) is 5. The number of methoxy groups -OCH3 is 1. The van der Waals surface area contributed by atoms with Gasteiger partial charge in [0.15, 0.2) is 0 Å². The molecule has 0 saturated carbocycles. The Balaban J connectivity index is 1.54. The van der Waals surface area contributed by atoms with E-state index in [1.807, 2.05) is 30.3 Å². The van der Waals surface area contributed by atoms with Gasteiger partial charge in [-0.05, 0) is 61.4 Å². The summed E-state index contributed by atoms with van der Waals surface area (Å²) in [5, 5.41) is 5.56. The third-order valence-electron chi connectivity index (χ3n) is 5.40. The number of benzene rings is 2. The lowest BCUT2D eigenvalue weighted by Gasteiger charge is -2.13. The Hall–Kier alpha value is -3.36. The molecule has 0 spiro atoms. The zero-order chi connectivity index (χ0) is 23.9. The number of carbonyl (C=O) groups is 2. The maximum absolute atomic E-state index is 13.0. The number of ether oxygens (including phenoxy) is 2. The predicted octanol–water partition coefficient (Wildman–Crippen LogP) is 4.78. The van der Waals surface area contributed by atoms with Crippen molar-refractivity contribution in [1.82, 2.24) is 10.6 Å². The first kappa shape index (κ1) is 23.8. The van der Waals surface area contributed by atoms with E-state index in [0.717, 1.165) is 22.9 Å². The van der Waals surface area contributed by atoms with E-state index < -0.39 is 11.8 Å². The van der Waals surface area contributed by atoms with Gasteiger partial charge in [-0.1, -0.05) is 28.1 Å². The van der Waals surface area contributed by atoms with E-state index >= 15 is 0 Å². The van der Waals surface area contributed by atoms with Gasteiger partial charge < -0.3 is 24.5 Å². The number of rotatable bonds is 8. The Kier molecular flexibility index (Phi) is 7.82. The van der Waals surface area contributed by atoms with Crippen LogP contribution in [0.4, 0.5) is 0 Å². The van der Waals surface area contributed by atoms with Crippen LogP contribution in [0, 0.1) is 0 Å². The Labute approximate surface area is 206 Å². The number of amides is 2. The number of halogens is 1. The quantitative estimate of drug-likeness (QED) is 0.413. The standard InChI is InChI=1S/C26H25BrN2O5/c1-32-20-10-6-18(7-11-20)25(30)29-23(26(31)28-16-22-3-2-14-33-22)15-21-12-13-24(34-21)17-4-8-19(27)9-5-17/h4-13,15,22H,2-3,14,16H2,1H3,(H,28,31)(H,29,30)/b23-15+. The first-order valence-electron chi connectivity index (χ1n) is 10.9. The number of nitrogens with one attached hydrogen (secondary N) is 2. The molecule has 2 aromatic carbocycles. The first-order chi connectivity index (χ1) is 16.5. The molecule has 1 saturated heterocycles. The molecule has 1 aliphatic heterocycles. The average molecular weight is 525 g/mol. The molecule has 2 N–H and O–H groups in total. The molecule has 1 aliphatic rings. The molecule has 1 fully saturated rings. The fourth-order valence-corrected chi connectivity index (χ4v) is 3.81. The number of hydrogen-bond donors (Lipinski definition) is 2. The van der Waals surface area contributed by atoms with Crippen molar-refractivity contribution in [2.24, 2.45) is 0 Å². The minimum Gasteiger partial charge on any atom is -0.497 e. The number of carbonyl (C=O) groups excluding carboxylic acids is 2. The summed E-state index contributed by atoms with van der Waals surface area (Å²) in [6.45, 7) is 1.07.